The summed E-state index contributed by atoms with van der Waals surface area (Å²) >= 11 is 0. The van der Waals surface area contributed by atoms with Gasteiger partial charge in [0.15, 0.2) is 0 Å². The molecule has 12 heavy (non-hydrogen) atoms. The Morgan fingerprint density at radius 1 is 1.08 bits per heavy atom. The Morgan fingerprint density at radius 2 is 1.67 bits per heavy atom. The average molecular weight is 178 g/mol. The summed E-state index contributed by atoms with van der Waals surface area (Å²) in [5.41, 5.74) is 0. The molecule has 0 aromatic carbocycles. The number of aliphatic hydroxyl groups is 3. The lowest BCUT2D eigenvalue weighted by Crippen LogP contribution is -2.28. The van der Waals surface area contributed by atoms with Gasteiger partial charge < -0.3 is 15.3 Å². The van der Waals surface area contributed by atoms with Gasteiger partial charge in [-0.1, -0.05) is 33.6 Å². The smallest absolute Gasteiger partial charge is 0.103 e. The highest BCUT2D eigenvalue weighted by Gasteiger charge is 2.13. The zero-order chi connectivity index (χ0) is 8.69. The van der Waals surface area contributed by atoms with E-state index >= 15 is 0 Å². The fraction of sp³-hybridized carbons (Fsp3) is 1.00. The minimum atomic E-state index is -0.966. The summed E-state index contributed by atoms with van der Waals surface area (Å²) in [5.74, 6) is 0. The first-order valence-electron chi connectivity index (χ1n) is 4.19. The Balaban J connectivity index is 0. The van der Waals surface area contributed by atoms with Gasteiger partial charge in [-0.25, -0.2) is 0 Å². The maximum absolute atomic E-state index is 9.13. The molecule has 0 fully saturated rings. The van der Waals surface area contributed by atoms with Gasteiger partial charge in [-0.2, -0.15) is 0 Å². The normalized spacial score (nSPS) is 15.0. The predicted octanol–water partition coefficient (Wildman–Crippen LogP) is 0.917. The molecule has 3 N–H and O–H groups in total. The molecule has 0 saturated carbocycles. The number of hydrogen-bond acceptors (Lipinski definition) is 3. The van der Waals surface area contributed by atoms with Crippen LogP contribution >= 0.6 is 0 Å². The van der Waals surface area contributed by atoms with E-state index in [4.69, 9.17) is 15.3 Å². The van der Waals surface area contributed by atoms with Crippen LogP contribution in [0.25, 0.3) is 0 Å². The summed E-state index contributed by atoms with van der Waals surface area (Å²) in [6.07, 6.45) is 1.93. The first kappa shape index (κ1) is 14.4. The van der Waals surface area contributed by atoms with Crippen LogP contribution in [0.15, 0.2) is 0 Å². The van der Waals surface area contributed by atoms with Crippen LogP contribution in [0.5, 0.6) is 0 Å². The first-order chi connectivity index (χ1) is 5.22. The van der Waals surface area contributed by atoms with Gasteiger partial charge in [-0.3, -0.25) is 0 Å². The molecule has 0 aliphatic heterocycles. The van der Waals surface area contributed by atoms with Crippen LogP contribution in [0, 0.1) is 0 Å². The van der Waals surface area contributed by atoms with E-state index in [1.807, 2.05) is 0 Å². The lowest BCUT2D eigenvalue weighted by Gasteiger charge is -2.14. The molecule has 2 atom stereocenters. The van der Waals surface area contributed by atoms with Crippen LogP contribution in [0.3, 0.4) is 0 Å². The third-order valence-electron chi connectivity index (χ3n) is 1.73. The van der Waals surface area contributed by atoms with E-state index in [0.29, 0.717) is 6.42 Å². The Hall–Kier alpha value is -0.120. The Kier molecular flexibility index (Phi) is 10.8. The molecule has 0 aromatic rings. The minimum absolute atomic E-state index is 0. The van der Waals surface area contributed by atoms with Crippen LogP contribution in [0.1, 0.15) is 40.0 Å². The molecule has 76 valence electrons. The molecule has 0 radical (unpaired) electrons. The molecular formula is C9H22O3. The van der Waals surface area contributed by atoms with E-state index in [1.54, 1.807) is 0 Å². The molecule has 0 aromatic heterocycles. The van der Waals surface area contributed by atoms with Crippen molar-refractivity contribution in [1.29, 1.82) is 0 Å². The number of aliphatic hydroxyl groups excluding tert-OH is 3. The Morgan fingerprint density at radius 3 is 2.08 bits per heavy atom. The van der Waals surface area contributed by atoms with Gasteiger partial charge in [0.25, 0.3) is 0 Å². The van der Waals surface area contributed by atoms with Crippen molar-refractivity contribution in [2.75, 3.05) is 6.61 Å². The van der Waals surface area contributed by atoms with Crippen molar-refractivity contribution >= 4 is 0 Å². The molecule has 0 aliphatic rings. The molecular weight excluding hydrogens is 156 g/mol. The van der Waals surface area contributed by atoms with E-state index in [0.717, 1.165) is 19.3 Å². The molecule has 0 spiro atoms. The molecule has 3 heteroatoms. The highest BCUT2D eigenvalue weighted by atomic mass is 16.4. The van der Waals surface area contributed by atoms with Gasteiger partial charge in [-0.05, 0) is 6.42 Å². The Labute approximate surface area is 75.0 Å². The summed E-state index contributed by atoms with van der Waals surface area (Å²) in [7, 11) is 0. The van der Waals surface area contributed by atoms with Crippen LogP contribution in [0.2, 0.25) is 0 Å². The van der Waals surface area contributed by atoms with Gasteiger partial charge in [0.05, 0.1) is 12.7 Å². The van der Waals surface area contributed by atoms with Crippen molar-refractivity contribution in [2.24, 2.45) is 0 Å². The molecule has 0 aliphatic carbocycles. The van der Waals surface area contributed by atoms with Gasteiger partial charge in [0.2, 0.25) is 0 Å². The van der Waals surface area contributed by atoms with Crippen molar-refractivity contribution in [2.45, 2.75) is 52.2 Å². The molecule has 1 unspecified atom stereocenters. The zero-order valence-electron chi connectivity index (χ0n) is 7.03. The van der Waals surface area contributed by atoms with Gasteiger partial charge in [0.1, 0.15) is 6.10 Å². The highest BCUT2D eigenvalue weighted by molar-refractivity contribution is 4.65. The summed E-state index contributed by atoms with van der Waals surface area (Å²) in [4.78, 5) is 0. The Bertz CT molecular complexity index is 85.8. The second kappa shape index (κ2) is 8.97. The van der Waals surface area contributed by atoms with Crippen molar-refractivity contribution in [3.63, 3.8) is 0 Å². The van der Waals surface area contributed by atoms with Crippen LogP contribution in [-0.2, 0) is 0 Å². The SMILES string of the molecule is C.CCCCCC(O)[C@@H](O)CO. The van der Waals surface area contributed by atoms with Crippen molar-refractivity contribution in [3.05, 3.63) is 0 Å². The second-order valence-corrected chi connectivity index (χ2v) is 2.81. The fourth-order valence-electron chi connectivity index (χ4n) is 0.918. The molecule has 0 rings (SSSR count). The van der Waals surface area contributed by atoms with E-state index in [2.05, 4.69) is 6.92 Å². The zero-order valence-corrected chi connectivity index (χ0v) is 7.03. The van der Waals surface area contributed by atoms with E-state index in [9.17, 15) is 0 Å². The van der Waals surface area contributed by atoms with Crippen molar-refractivity contribution < 1.29 is 15.3 Å². The molecule has 0 heterocycles. The van der Waals surface area contributed by atoms with Gasteiger partial charge in [0, 0.05) is 0 Å². The topological polar surface area (TPSA) is 60.7 Å². The third-order valence-corrected chi connectivity index (χ3v) is 1.73. The fourth-order valence-corrected chi connectivity index (χ4v) is 0.918. The summed E-state index contributed by atoms with van der Waals surface area (Å²) in [5, 5.41) is 26.5. The molecule has 0 bridgehead atoms. The largest absolute Gasteiger partial charge is 0.394 e. The highest BCUT2D eigenvalue weighted by Crippen LogP contribution is 2.05. The third kappa shape index (κ3) is 6.58. The van der Waals surface area contributed by atoms with Gasteiger partial charge in [-0.15, -0.1) is 0 Å². The predicted molar refractivity (Wildman–Crippen MR) is 50.0 cm³/mol. The summed E-state index contributed by atoms with van der Waals surface area (Å²) < 4.78 is 0. The van der Waals surface area contributed by atoms with Crippen LogP contribution < -0.4 is 0 Å². The number of unbranched alkanes of at least 4 members (excludes halogenated alkanes) is 2. The standard InChI is InChI=1S/C8H18O3.CH4/c1-2-3-4-5-7(10)8(11)6-9;/h7-11H,2-6H2,1H3;1H4/t7?,8-;/m0./s1. The van der Waals surface area contributed by atoms with E-state index in [1.165, 1.54) is 0 Å². The number of hydrogen-bond donors (Lipinski definition) is 3. The summed E-state index contributed by atoms with van der Waals surface area (Å²) in [6, 6.07) is 0. The molecule has 3 nitrogen and oxygen atoms in total. The minimum Gasteiger partial charge on any atom is -0.394 e. The maximum Gasteiger partial charge on any atom is 0.103 e. The number of rotatable bonds is 6. The average Bonchev–Trinajstić information content (AvgIpc) is 2.03. The monoisotopic (exact) mass is 178 g/mol. The molecule has 0 amide bonds. The van der Waals surface area contributed by atoms with E-state index < -0.39 is 12.2 Å². The van der Waals surface area contributed by atoms with Crippen LogP contribution in [-0.4, -0.2) is 34.1 Å². The second-order valence-electron chi connectivity index (χ2n) is 2.81. The van der Waals surface area contributed by atoms with Gasteiger partial charge >= 0.3 is 0 Å². The van der Waals surface area contributed by atoms with Crippen molar-refractivity contribution in [3.8, 4) is 0 Å². The lowest BCUT2D eigenvalue weighted by molar-refractivity contribution is -0.0185. The maximum atomic E-state index is 9.13. The molecule has 0 saturated heterocycles. The quantitative estimate of drug-likeness (QED) is 0.530. The van der Waals surface area contributed by atoms with E-state index in [-0.39, 0.29) is 14.0 Å². The first-order valence-corrected chi connectivity index (χ1v) is 4.19. The van der Waals surface area contributed by atoms with Crippen molar-refractivity contribution in [1.82, 2.24) is 0 Å². The van der Waals surface area contributed by atoms with Crippen LogP contribution in [0.4, 0.5) is 0 Å². The summed E-state index contributed by atoms with van der Waals surface area (Å²) in [6.45, 7) is 1.72. The lowest BCUT2D eigenvalue weighted by atomic mass is 10.1.